The molecule has 3 atom stereocenters. The number of aliphatic imine (C=N–C) groups is 1. The number of ether oxygens (including phenoxy) is 2. The van der Waals surface area contributed by atoms with Gasteiger partial charge in [0.15, 0.2) is 0 Å². The smallest absolute Gasteiger partial charge is 0.262 e. The highest BCUT2D eigenvalue weighted by Gasteiger charge is 2.29. The molecule has 1 amide bonds. The fourth-order valence-corrected chi connectivity index (χ4v) is 5.22. The predicted octanol–water partition coefficient (Wildman–Crippen LogP) is 6.08. The predicted molar refractivity (Wildman–Crippen MR) is 145 cm³/mol. The van der Waals surface area contributed by atoms with Crippen LogP contribution in [0.3, 0.4) is 0 Å². The summed E-state index contributed by atoms with van der Waals surface area (Å²) in [4.78, 5) is 16.9. The number of hydrogen-bond donors (Lipinski definition) is 2. The van der Waals surface area contributed by atoms with Crippen molar-refractivity contribution >= 4 is 46.7 Å². The first-order valence-corrected chi connectivity index (χ1v) is 13.4. The average molecular weight is 548 g/mol. The standard InChI is InChI=1S/C27H28Cl2N2O4S/c1-2-34-21-6-3-17(4-7-21)11-19-12-18(5-8-23(19)28)24-14-20(32)13-22(35-24)15-30-16-31-27(33)25-9-10-26(29)36-25/h3-10,12,15,20,22,24,32H,2,11,13-14,16H2,1H3,(H,31,33)/b30-15+/t20-,22-,24+/m0/s1. The molecule has 0 aliphatic carbocycles. The van der Waals surface area contributed by atoms with E-state index in [1.54, 1.807) is 18.3 Å². The van der Waals surface area contributed by atoms with Crippen molar-refractivity contribution < 1.29 is 19.4 Å². The second kappa shape index (κ2) is 12.7. The molecule has 0 bridgehead atoms. The third-order valence-electron chi connectivity index (χ3n) is 5.80. The number of hydrogen-bond acceptors (Lipinski definition) is 6. The van der Waals surface area contributed by atoms with E-state index < -0.39 is 6.10 Å². The Hall–Kier alpha value is -2.42. The minimum absolute atomic E-state index is 0.113. The highest BCUT2D eigenvalue weighted by atomic mass is 35.5. The molecule has 1 aliphatic rings. The van der Waals surface area contributed by atoms with Gasteiger partial charge in [0.05, 0.1) is 34.1 Å². The van der Waals surface area contributed by atoms with Crippen molar-refractivity contribution in [2.24, 2.45) is 4.99 Å². The molecule has 36 heavy (non-hydrogen) atoms. The Balaban J connectivity index is 1.37. The lowest BCUT2D eigenvalue weighted by Gasteiger charge is -2.32. The normalized spacial score (nSPS) is 19.9. The van der Waals surface area contributed by atoms with Gasteiger partial charge in [0, 0.05) is 24.1 Å². The van der Waals surface area contributed by atoms with E-state index in [9.17, 15) is 9.90 Å². The van der Waals surface area contributed by atoms with Gasteiger partial charge in [0.2, 0.25) is 0 Å². The summed E-state index contributed by atoms with van der Waals surface area (Å²) in [5.74, 6) is 0.613. The maximum Gasteiger partial charge on any atom is 0.262 e. The van der Waals surface area contributed by atoms with Gasteiger partial charge in [0.1, 0.15) is 12.4 Å². The monoisotopic (exact) mass is 546 g/mol. The van der Waals surface area contributed by atoms with Gasteiger partial charge >= 0.3 is 0 Å². The maximum atomic E-state index is 12.1. The third-order valence-corrected chi connectivity index (χ3v) is 7.40. The molecule has 2 N–H and O–H groups in total. The number of carbonyl (C=O) groups excluding carboxylic acids is 1. The topological polar surface area (TPSA) is 80.2 Å². The fourth-order valence-electron chi connectivity index (χ4n) is 4.08. The molecule has 2 aromatic carbocycles. The first-order valence-electron chi connectivity index (χ1n) is 11.8. The van der Waals surface area contributed by atoms with E-state index in [4.69, 9.17) is 32.7 Å². The largest absolute Gasteiger partial charge is 0.494 e. The number of rotatable bonds is 9. The number of nitrogens with zero attached hydrogens (tertiary/aromatic N) is 1. The molecule has 0 radical (unpaired) electrons. The molecule has 9 heteroatoms. The van der Waals surface area contributed by atoms with Crippen LogP contribution in [0.2, 0.25) is 9.36 Å². The van der Waals surface area contributed by atoms with Crippen molar-refractivity contribution in [1.82, 2.24) is 5.32 Å². The lowest BCUT2D eigenvalue weighted by Crippen LogP contribution is -2.32. The fraction of sp³-hybridized carbons (Fsp3) is 0.333. The van der Waals surface area contributed by atoms with Crippen molar-refractivity contribution in [1.29, 1.82) is 0 Å². The lowest BCUT2D eigenvalue weighted by atomic mass is 9.94. The van der Waals surface area contributed by atoms with E-state index in [1.807, 2.05) is 49.4 Å². The van der Waals surface area contributed by atoms with Gasteiger partial charge in [-0.05, 0) is 60.4 Å². The molecule has 0 spiro atoms. The van der Waals surface area contributed by atoms with Crippen molar-refractivity contribution in [2.75, 3.05) is 13.3 Å². The highest BCUT2D eigenvalue weighted by molar-refractivity contribution is 7.18. The summed E-state index contributed by atoms with van der Waals surface area (Å²) in [6.45, 7) is 2.70. The van der Waals surface area contributed by atoms with Gasteiger partial charge in [-0.1, -0.05) is 47.5 Å². The summed E-state index contributed by atoms with van der Waals surface area (Å²) >= 11 is 13.6. The molecular formula is C27H28Cl2N2O4S. The zero-order valence-corrected chi connectivity index (χ0v) is 22.2. The van der Waals surface area contributed by atoms with Crippen molar-refractivity contribution in [3.63, 3.8) is 0 Å². The third kappa shape index (κ3) is 7.31. The number of benzene rings is 2. The molecule has 2 heterocycles. The number of thiophene rings is 1. The van der Waals surface area contributed by atoms with Crippen LogP contribution in [0.1, 0.15) is 52.2 Å². The summed E-state index contributed by atoms with van der Waals surface area (Å²) in [7, 11) is 0. The van der Waals surface area contributed by atoms with Crippen LogP contribution in [0.25, 0.3) is 0 Å². The molecule has 190 valence electrons. The molecule has 4 rings (SSSR count). The molecule has 6 nitrogen and oxygen atoms in total. The van der Waals surface area contributed by atoms with Gasteiger partial charge < -0.3 is 19.9 Å². The van der Waals surface area contributed by atoms with Crippen LogP contribution in [0, 0.1) is 0 Å². The van der Waals surface area contributed by atoms with Crippen molar-refractivity contribution in [3.05, 3.63) is 85.5 Å². The molecule has 1 saturated heterocycles. The Bertz CT molecular complexity index is 1200. The Morgan fingerprint density at radius 2 is 2.00 bits per heavy atom. The van der Waals surface area contributed by atoms with Crippen LogP contribution in [0.5, 0.6) is 5.75 Å². The number of aliphatic hydroxyl groups is 1. The number of amides is 1. The highest BCUT2D eigenvalue weighted by Crippen LogP contribution is 2.33. The number of carbonyl (C=O) groups is 1. The van der Waals surface area contributed by atoms with Crippen LogP contribution in [0.15, 0.2) is 59.6 Å². The van der Waals surface area contributed by atoms with Gasteiger partial charge in [-0.25, -0.2) is 0 Å². The van der Waals surface area contributed by atoms with E-state index in [0.717, 1.165) is 22.4 Å². The molecule has 1 aromatic heterocycles. The van der Waals surface area contributed by atoms with E-state index in [1.165, 1.54) is 11.3 Å². The maximum absolute atomic E-state index is 12.1. The Kier molecular flexibility index (Phi) is 9.40. The van der Waals surface area contributed by atoms with Gasteiger partial charge in [-0.2, -0.15) is 0 Å². The molecule has 0 unspecified atom stereocenters. The summed E-state index contributed by atoms with van der Waals surface area (Å²) < 4.78 is 12.3. The van der Waals surface area contributed by atoms with E-state index in [2.05, 4.69) is 10.3 Å². The SMILES string of the molecule is CCOc1ccc(Cc2cc([C@H]3C[C@@H](O)C[C@@H](/C=N/CNC(=O)c4ccc(Cl)s4)O3)ccc2Cl)cc1. The minimum Gasteiger partial charge on any atom is -0.494 e. The zero-order chi connectivity index (χ0) is 25.5. The summed E-state index contributed by atoms with van der Waals surface area (Å²) in [5, 5.41) is 13.9. The first kappa shape index (κ1) is 26.6. The Morgan fingerprint density at radius 3 is 2.72 bits per heavy atom. The van der Waals surface area contributed by atoms with Crippen molar-refractivity contribution in [3.8, 4) is 5.75 Å². The molecule has 0 saturated carbocycles. The van der Waals surface area contributed by atoms with E-state index in [-0.39, 0.29) is 24.8 Å². The number of aliphatic hydroxyl groups excluding tert-OH is 1. The second-order valence-corrected chi connectivity index (χ2v) is 10.6. The van der Waals surface area contributed by atoms with Crippen LogP contribution in [-0.4, -0.2) is 42.7 Å². The van der Waals surface area contributed by atoms with Gasteiger partial charge in [0.25, 0.3) is 5.91 Å². The van der Waals surface area contributed by atoms with Gasteiger partial charge in [-0.3, -0.25) is 9.79 Å². The van der Waals surface area contributed by atoms with Crippen LogP contribution >= 0.6 is 34.5 Å². The van der Waals surface area contributed by atoms with Crippen LogP contribution in [-0.2, 0) is 11.2 Å². The van der Waals surface area contributed by atoms with E-state index in [0.29, 0.717) is 40.1 Å². The minimum atomic E-state index is -0.520. The first-order chi connectivity index (χ1) is 17.4. The zero-order valence-electron chi connectivity index (χ0n) is 19.8. The number of nitrogens with one attached hydrogen (secondary N) is 1. The molecule has 1 fully saturated rings. The average Bonchev–Trinajstić information content (AvgIpc) is 3.30. The molecule has 1 aliphatic heterocycles. The number of halogens is 2. The summed E-state index contributed by atoms with van der Waals surface area (Å²) in [6.07, 6.45) is 2.09. The second-order valence-electron chi connectivity index (χ2n) is 8.49. The lowest BCUT2D eigenvalue weighted by molar-refractivity contribution is -0.0681. The van der Waals surface area contributed by atoms with E-state index >= 15 is 0 Å². The quantitative estimate of drug-likeness (QED) is 0.318. The van der Waals surface area contributed by atoms with Crippen LogP contribution in [0.4, 0.5) is 0 Å². The van der Waals surface area contributed by atoms with Crippen LogP contribution < -0.4 is 10.1 Å². The Labute approximate surface area is 224 Å². The Morgan fingerprint density at radius 1 is 1.19 bits per heavy atom. The summed E-state index contributed by atoms with van der Waals surface area (Å²) in [5.41, 5.74) is 3.07. The molecule has 3 aromatic rings. The summed E-state index contributed by atoms with van der Waals surface area (Å²) in [6, 6.07) is 17.2. The van der Waals surface area contributed by atoms with Gasteiger partial charge in [-0.15, -0.1) is 11.3 Å². The van der Waals surface area contributed by atoms with Crippen molar-refractivity contribution in [2.45, 2.75) is 44.5 Å². The molecular weight excluding hydrogens is 519 g/mol.